The highest BCUT2D eigenvalue weighted by Crippen LogP contribution is 2.67. The first-order valence-corrected chi connectivity index (χ1v) is 16.4. The van der Waals surface area contributed by atoms with Crippen LogP contribution in [0.15, 0.2) is 30.4 Å². The van der Waals surface area contributed by atoms with Crippen LogP contribution in [-0.2, 0) is 6.54 Å². The first-order valence-electron chi connectivity index (χ1n) is 16.4. The van der Waals surface area contributed by atoms with Gasteiger partial charge in [-0.25, -0.2) is 9.78 Å². The Morgan fingerprint density at radius 1 is 1.15 bits per heavy atom. The summed E-state index contributed by atoms with van der Waals surface area (Å²) in [4.78, 5) is 18.6. The Morgan fingerprint density at radius 3 is 2.65 bits per heavy atom. The van der Waals surface area contributed by atoms with E-state index in [4.69, 9.17) is 0 Å². The van der Waals surface area contributed by atoms with E-state index in [1.54, 1.807) is 17.4 Å². The number of hydrogen-bond donors (Lipinski definition) is 2. The lowest BCUT2D eigenvalue weighted by molar-refractivity contribution is -0.0871. The van der Waals surface area contributed by atoms with Gasteiger partial charge in [0.25, 0.3) is 0 Å². The van der Waals surface area contributed by atoms with Crippen molar-refractivity contribution in [3.05, 3.63) is 30.4 Å². The van der Waals surface area contributed by atoms with Gasteiger partial charge in [-0.2, -0.15) is 0 Å². The molecule has 2 N–H and O–H groups in total. The molecule has 4 aliphatic carbocycles. The van der Waals surface area contributed by atoms with E-state index >= 15 is 0 Å². The van der Waals surface area contributed by atoms with Crippen molar-refractivity contribution < 1.29 is 15.0 Å². The van der Waals surface area contributed by atoms with Crippen molar-refractivity contribution in [3.8, 4) is 0 Å². The number of aromatic nitrogens is 2. The van der Waals surface area contributed by atoms with Gasteiger partial charge in [0.1, 0.15) is 0 Å². The second-order valence-electron chi connectivity index (χ2n) is 14.9. The summed E-state index contributed by atoms with van der Waals surface area (Å²) in [5, 5.41) is 21.4. The Labute approximate surface area is 242 Å². The number of carbonyl (C=O) groups is 1. The van der Waals surface area contributed by atoms with Crippen LogP contribution in [-0.4, -0.2) is 49.4 Å². The Morgan fingerprint density at radius 2 is 1.95 bits per heavy atom. The van der Waals surface area contributed by atoms with Crippen molar-refractivity contribution in [1.29, 1.82) is 0 Å². The SMILES string of the molecule is CC(C)CCC[C@@H](C)[C@H]1CC[C@H]2[C@@H]3CC=C4C[C@@H](O)CC(N(CCCn5ccnc5)C(=O)O)[C@]4(C)[C@H]3CC[C@]12C. The number of amides is 1. The number of carboxylic acid groups (broad SMARTS) is 1. The summed E-state index contributed by atoms with van der Waals surface area (Å²) >= 11 is 0. The Balaban J connectivity index is 1.36. The molecule has 3 fully saturated rings. The molecule has 1 heterocycles. The zero-order chi connectivity index (χ0) is 28.7. The van der Waals surface area contributed by atoms with Gasteiger partial charge in [-0.15, -0.1) is 0 Å². The number of hydrogen-bond acceptors (Lipinski definition) is 3. The molecule has 4 aliphatic rings. The molecule has 1 unspecified atom stereocenters. The molecule has 3 saturated carbocycles. The third-order valence-electron chi connectivity index (χ3n) is 12.4. The number of aliphatic hydroxyl groups excluding tert-OH is 1. The van der Waals surface area contributed by atoms with E-state index in [1.807, 2.05) is 10.8 Å². The molecular weight excluding hydrogens is 498 g/mol. The van der Waals surface area contributed by atoms with E-state index in [1.165, 1.54) is 50.5 Å². The minimum absolute atomic E-state index is 0.174. The lowest BCUT2D eigenvalue weighted by atomic mass is 9.45. The minimum Gasteiger partial charge on any atom is -0.465 e. The van der Waals surface area contributed by atoms with Gasteiger partial charge in [-0.3, -0.25) is 0 Å². The van der Waals surface area contributed by atoms with Gasteiger partial charge in [0.15, 0.2) is 0 Å². The average molecular weight is 554 g/mol. The molecule has 1 aromatic heterocycles. The predicted molar refractivity (Wildman–Crippen MR) is 160 cm³/mol. The first kappa shape index (κ1) is 29.7. The summed E-state index contributed by atoms with van der Waals surface area (Å²) in [6.07, 6.45) is 18.9. The van der Waals surface area contributed by atoms with Gasteiger partial charge in [0, 0.05) is 36.9 Å². The third kappa shape index (κ3) is 5.39. The fourth-order valence-electron chi connectivity index (χ4n) is 10.4. The number of imidazole rings is 1. The topological polar surface area (TPSA) is 78.6 Å². The predicted octanol–water partition coefficient (Wildman–Crippen LogP) is 7.63. The number of aryl methyl sites for hydroxylation is 1. The van der Waals surface area contributed by atoms with Crippen molar-refractivity contribution in [2.75, 3.05) is 6.54 Å². The molecule has 5 rings (SSSR count). The highest BCUT2D eigenvalue weighted by molar-refractivity contribution is 5.66. The van der Waals surface area contributed by atoms with Crippen LogP contribution in [0.4, 0.5) is 4.79 Å². The van der Waals surface area contributed by atoms with Crippen LogP contribution in [0.25, 0.3) is 0 Å². The lowest BCUT2D eigenvalue weighted by Gasteiger charge is -2.61. The fraction of sp³-hybridized carbons (Fsp3) is 0.824. The normalized spacial score (nSPS) is 37.8. The molecule has 1 amide bonds. The number of rotatable bonds is 10. The molecular formula is C34H55N3O3. The van der Waals surface area contributed by atoms with Crippen LogP contribution in [0, 0.1) is 46.3 Å². The molecule has 1 aromatic rings. The van der Waals surface area contributed by atoms with Crippen LogP contribution in [0.5, 0.6) is 0 Å². The Bertz CT molecular complexity index is 1040. The second-order valence-corrected chi connectivity index (χ2v) is 14.9. The molecule has 0 aromatic carbocycles. The monoisotopic (exact) mass is 553 g/mol. The first-order chi connectivity index (χ1) is 19.1. The van der Waals surface area contributed by atoms with Gasteiger partial charge >= 0.3 is 6.09 Å². The van der Waals surface area contributed by atoms with Crippen molar-refractivity contribution >= 4 is 6.09 Å². The van der Waals surface area contributed by atoms with Gasteiger partial charge in [-0.05, 0) is 92.3 Å². The van der Waals surface area contributed by atoms with Crippen molar-refractivity contribution in [3.63, 3.8) is 0 Å². The molecule has 0 bridgehead atoms. The smallest absolute Gasteiger partial charge is 0.407 e. The average Bonchev–Trinajstić information content (AvgIpc) is 3.54. The highest BCUT2D eigenvalue weighted by atomic mass is 16.4. The molecule has 224 valence electrons. The van der Waals surface area contributed by atoms with Crippen molar-refractivity contribution in [2.45, 2.75) is 124 Å². The van der Waals surface area contributed by atoms with E-state index in [0.717, 1.165) is 43.1 Å². The van der Waals surface area contributed by atoms with Crippen LogP contribution >= 0.6 is 0 Å². The standard InChI is InChI=1S/C34H55N3O3/c1-23(2)8-6-9-24(3)28-12-13-29-27-11-10-25-20-26(38)21-31(34(25,5)30(27)14-15-33(28,29)4)37(32(39)40)18-7-17-36-19-16-35-22-36/h10,16,19,22-24,26-31,38H,6-9,11-15,17-18,20-21H2,1-5H3,(H,39,40)/t24-,26-,27+,28-,29+,30+,31?,33-,34+/m1/s1. The molecule has 40 heavy (non-hydrogen) atoms. The maximum atomic E-state index is 12.8. The molecule has 0 aliphatic heterocycles. The summed E-state index contributed by atoms with van der Waals surface area (Å²) < 4.78 is 2.02. The fourth-order valence-corrected chi connectivity index (χ4v) is 10.4. The maximum absolute atomic E-state index is 12.8. The van der Waals surface area contributed by atoms with Crippen LogP contribution < -0.4 is 0 Å². The van der Waals surface area contributed by atoms with E-state index in [-0.39, 0.29) is 11.5 Å². The molecule has 0 saturated heterocycles. The Hall–Kier alpha value is -1.82. The van der Waals surface area contributed by atoms with Gasteiger partial charge < -0.3 is 19.7 Å². The quantitative estimate of drug-likeness (QED) is 0.292. The molecule has 0 radical (unpaired) electrons. The number of allylic oxidation sites excluding steroid dienone is 1. The highest BCUT2D eigenvalue weighted by Gasteiger charge is 2.62. The van der Waals surface area contributed by atoms with Gasteiger partial charge in [-0.1, -0.05) is 65.5 Å². The number of nitrogens with zero attached hydrogens (tertiary/aromatic N) is 3. The van der Waals surface area contributed by atoms with Gasteiger partial charge in [0.2, 0.25) is 0 Å². The van der Waals surface area contributed by atoms with E-state index in [9.17, 15) is 15.0 Å². The summed E-state index contributed by atoms with van der Waals surface area (Å²) in [5.74, 6) is 4.23. The lowest BCUT2D eigenvalue weighted by Crippen LogP contribution is -2.61. The van der Waals surface area contributed by atoms with E-state index < -0.39 is 12.2 Å². The summed E-state index contributed by atoms with van der Waals surface area (Å²) in [6, 6.07) is -0.174. The summed E-state index contributed by atoms with van der Waals surface area (Å²) in [6.45, 7) is 13.4. The zero-order valence-corrected chi connectivity index (χ0v) is 25.8. The van der Waals surface area contributed by atoms with Crippen LogP contribution in [0.3, 0.4) is 0 Å². The van der Waals surface area contributed by atoms with Crippen LogP contribution in [0.1, 0.15) is 105 Å². The molecule has 9 atom stereocenters. The van der Waals surface area contributed by atoms with Crippen LogP contribution in [0.2, 0.25) is 0 Å². The molecule has 0 spiro atoms. The number of fused-ring (bicyclic) bond motifs is 5. The summed E-state index contributed by atoms with van der Waals surface area (Å²) in [7, 11) is 0. The van der Waals surface area contributed by atoms with E-state index in [2.05, 4.69) is 45.7 Å². The largest absolute Gasteiger partial charge is 0.465 e. The minimum atomic E-state index is -0.843. The third-order valence-corrected chi connectivity index (χ3v) is 12.4. The number of aliphatic hydroxyl groups is 1. The molecule has 6 nitrogen and oxygen atoms in total. The van der Waals surface area contributed by atoms with Gasteiger partial charge in [0.05, 0.1) is 12.4 Å². The Kier molecular flexibility index (Phi) is 8.76. The van der Waals surface area contributed by atoms with E-state index in [0.29, 0.717) is 36.6 Å². The summed E-state index contributed by atoms with van der Waals surface area (Å²) in [5.41, 5.74) is 1.54. The zero-order valence-electron chi connectivity index (χ0n) is 25.8. The molecule has 6 heteroatoms. The van der Waals surface area contributed by atoms with Crippen molar-refractivity contribution in [1.82, 2.24) is 14.5 Å². The maximum Gasteiger partial charge on any atom is 0.407 e. The van der Waals surface area contributed by atoms with Crippen molar-refractivity contribution in [2.24, 2.45) is 46.3 Å². The second kappa shape index (κ2) is 11.8.